The number of hydrogen-bond donors (Lipinski definition) is 1. The molecule has 2 heterocycles. The molecule has 1 N–H and O–H groups in total. The van der Waals surface area contributed by atoms with E-state index in [0.29, 0.717) is 0 Å². The Labute approximate surface area is 112 Å². The fourth-order valence-corrected chi connectivity index (χ4v) is 3.23. The maximum absolute atomic E-state index is 4.97. The minimum atomic E-state index is 1.14. The van der Waals surface area contributed by atoms with Gasteiger partial charge < -0.3 is 4.98 Å². The Bertz CT molecular complexity index is 739. The number of aromatic amines is 1. The highest BCUT2D eigenvalue weighted by Gasteiger charge is 2.12. The molecule has 0 spiro atoms. The van der Waals surface area contributed by atoms with E-state index in [1.54, 1.807) is 0 Å². The van der Waals surface area contributed by atoms with Crippen LogP contribution < -0.4 is 0 Å². The van der Waals surface area contributed by atoms with Gasteiger partial charge in [-0.05, 0) is 43.4 Å². The normalized spacial score (nSPS) is 16.2. The van der Waals surface area contributed by atoms with Crippen molar-refractivity contribution >= 4 is 21.9 Å². The Morgan fingerprint density at radius 2 is 1.74 bits per heavy atom. The molecule has 0 bridgehead atoms. The Morgan fingerprint density at radius 1 is 0.895 bits per heavy atom. The summed E-state index contributed by atoms with van der Waals surface area (Å²) in [6, 6.07) is 10.8. The van der Waals surface area contributed by atoms with Crippen LogP contribution in [0.5, 0.6) is 0 Å². The summed E-state index contributed by atoms with van der Waals surface area (Å²) >= 11 is 0. The van der Waals surface area contributed by atoms with Gasteiger partial charge in [-0.15, -0.1) is 0 Å². The van der Waals surface area contributed by atoms with Crippen molar-refractivity contribution in [3.63, 3.8) is 0 Å². The molecule has 3 aromatic rings. The number of para-hydroxylation sites is 1. The van der Waals surface area contributed by atoms with Crippen LogP contribution in [0.25, 0.3) is 21.9 Å². The predicted octanol–water partition coefficient (Wildman–Crippen LogP) is 4.38. The average Bonchev–Trinajstić information content (AvgIpc) is 2.76. The smallest absolute Gasteiger partial charge is 0.0961 e. The summed E-state index contributed by atoms with van der Waals surface area (Å²) < 4.78 is 0. The van der Waals surface area contributed by atoms with Crippen LogP contribution in [0.4, 0.5) is 0 Å². The average molecular weight is 250 g/mol. The molecule has 1 aromatic carbocycles. The molecule has 2 heteroatoms. The van der Waals surface area contributed by atoms with Crippen molar-refractivity contribution in [3.05, 3.63) is 41.6 Å². The predicted molar refractivity (Wildman–Crippen MR) is 79.5 cm³/mol. The number of pyridine rings is 1. The first-order valence-electron chi connectivity index (χ1n) is 7.31. The summed E-state index contributed by atoms with van der Waals surface area (Å²) in [5.74, 6) is 0. The summed E-state index contributed by atoms with van der Waals surface area (Å²) in [4.78, 5) is 8.48. The number of nitrogens with zero attached hydrogens (tertiary/aromatic N) is 1. The molecule has 0 radical (unpaired) electrons. The van der Waals surface area contributed by atoms with E-state index in [9.17, 15) is 0 Å². The molecule has 4 rings (SSSR count). The number of nitrogens with one attached hydrogen (secondary N) is 1. The standard InChI is InChI=1S/C17H18N2/c1-2-4-9-14-12(7-3-1)11-16-17(19-14)13-8-5-6-10-15(13)18-16/h5-6,8,10-11,18H,1-4,7,9H2. The van der Waals surface area contributed by atoms with Gasteiger partial charge in [0.15, 0.2) is 0 Å². The molecular weight excluding hydrogens is 232 g/mol. The maximum atomic E-state index is 4.97. The molecule has 19 heavy (non-hydrogen) atoms. The third-order valence-corrected chi connectivity index (χ3v) is 4.25. The molecule has 0 unspecified atom stereocenters. The molecule has 0 saturated heterocycles. The Balaban J connectivity index is 1.98. The van der Waals surface area contributed by atoms with Crippen LogP contribution in [0.3, 0.4) is 0 Å². The summed E-state index contributed by atoms with van der Waals surface area (Å²) in [7, 11) is 0. The first kappa shape index (κ1) is 11.0. The van der Waals surface area contributed by atoms with E-state index in [-0.39, 0.29) is 0 Å². The van der Waals surface area contributed by atoms with E-state index in [4.69, 9.17) is 4.98 Å². The molecule has 0 atom stereocenters. The minimum Gasteiger partial charge on any atom is -0.353 e. The van der Waals surface area contributed by atoms with Gasteiger partial charge in [-0.1, -0.05) is 31.0 Å². The molecule has 1 aliphatic carbocycles. The van der Waals surface area contributed by atoms with Crippen molar-refractivity contribution in [3.8, 4) is 0 Å². The number of H-pyrrole nitrogens is 1. The van der Waals surface area contributed by atoms with Crippen LogP contribution >= 0.6 is 0 Å². The zero-order valence-electron chi connectivity index (χ0n) is 11.1. The maximum Gasteiger partial charge on any atom is 0.0961 e. The van der Waals surface area contributed by atoms with Gasteiger partial charge in [-0.25, -0.2) is 0 Å². The van der Waals surface area contributed by atoms with Gasteiger partial charge in [-0.3, -0.25) is 4.98 Å². The van der Waals surface area contributed by atoms with Gasteiger partial charge in [0.05, 0.1) is 11.0 Å². The summed E-state index contributed by atoms with van der Waals surface area (Å²) in [5.41, 5.74) is 6.33. The number of rotatable bonds is 0. The number of fused-ring (bicyclic) bond motifs is 4. The number of benzene rings is 1. The van der Waals surface area contributed by atoms with Crippen molar-refractivity contribution in [2.75, 3.05) is 0 Å². The second-order valence-electron chi connectivity index (χ2n) is 5.58. The van der Waals surface area contributed by atoms with E-state index in [1.165, 1.54) is 59.8 Å². The lowest BCUT2D eigenvalue weighted by molar-refractivity contribution is 0.610. The summed E-state index contributed by atoms with van der Waals surface area (Å²) in [5, 5.41) is 1.25. The van der Waals surface area contributed by atoms with Crippen LogP contribution in [0.2, 0.25) is 0 Å². The first-order valence-corrected chi connectivity index (χ1v) is 7.31. The van der Waals surface area contributed by atoms with Crippen LogP contribution in [-0.4, -0.2) is 9.97 Å². The third-order valence-electron chi connectivity index (χ3n) is 4.25. The zero-order chi connectivity index (χ0) is 12.7. The zero-order valence-corrected chi connectivity index (χ0v) is 11.1. The molecule has 2 nitrogen and oxygen atoms in total. The van der Waals surface area contributed by atoms with E-state index in [0.717, 1.165) is 11.9 Å². The van der Waals surface area contributed by atoms with E-state index in [1.807, 2.05) is 0 Å². The van der Waals surface area contributed by atoms with Crippen molar-refractivity contribution in [2.24, 2.45) is 0 Å². The largest absolute Gasteiger partial charge is 0.353 e. The molecule has 2 aromatic heterocycles. The lowest BCUT2D eigenvalue weighted by Gasteiger charge is -2.12. The van der Waals surface area contributed by atoms with Gasteiger partial charge in [-0.2, -0.15) is 0 Å². The topological polar surface area (TPSA) is 28.7 Å². The molecule has 1 aliphatic rings. The fourth-order valence-electron chi connectivity index (χ4n) is 3.23. The Kier molecular flexibility index (Phi) is 2.54. The van der Waals surface area contributed by atoms with E-state index >= 15 is 0 Å². The third kappa shape index (κ3) is 1.83. The fraction of sp³-hybridized carbons (Fsp3) is 0.353. The molecular formula is C17H18N2. The van der Waals surface area contributed by atoms with Gasteiger partial charge in [0.25, 0.3) is 0 Å². The Hall–Kier alpha value is -1.83. The first-order chi connectivity index (χ1) is 9.42. The van der Waals surface area contributed by atoms with Gasteiger partial charge in [0.1, 0.15) is 0 Å². The lowest BCUT2D eigenvalue weighted by atomic mass is 9.97. The summed E-state index contributed by atoms with van der Waals surface area (Å²) in [6.45, 7) is 0. The quantitative estimate of drug-likeness (QED) is 0.630. The Morgan fingerprint density at radius 3 is 2.68 bits per heavy atom. The molecule has 0 amide bonds. The van der Waals surface area contributed by atoms with Crippen LogP contribution in [0, 0.1) is 0 Å². The van der Waals surface area contributed by atoms with Crippen molar-refractivity contribution in [1.82, 2.24) is 9.97 Å². The second-order valence-corrected chi connectivity index (χ2v) is 5.58. The summed E-state index contributed by atoms with van der Waals surface area (Å²) in [6.07, 6.45) is 7.64. The van der Waals surface area contributed by atoms with Crippen LogP contribution in [0.15, 0.2) is 30.3 Å². The lowest BCUT2D eigenvalue weighted by Crippen LogP contribution is -2.02. The number of aryl methyl sites for hydroxylation is 2. The van der Waals surface area contributed by atoms with E-state index < -0.39 is 0 Å². The molecule has 0 fully saturated rings. The number of aromatic nitrogens is 2. The van der Waals surface area contributed by atoms with Crippen molar-refractivity contribution in [1.29, 1.82) is 0 Å². The molecule has 96 valence electrons. The SMILES string of the molecule is c1ccc2c(c1)[nH]c1cc3c(nc12)CCCCCC3. The highest BCUT2D eigenvalue weighted by molar-refractivity contribution is 6.04. The number of hydrogen-bond acceptors (Lipinski definition) is 1. The van der Waals surface area contributed by atoms with Crippen LogP contribution in [-0.2, 0) is 12.8 Å². The van der Waals surface area contributed by atoms with Crippen LogP contribution in [0.1, 0.15) is 36.9 Å². The molecule has 0 aliphatic heterocycles. The molecule has 0 saturated carbocycles. The van der Waals surface area contributed by atoms with Crippen molar-refractivity contribution in [2.45, 2.75) is 38.5 Å². The van der Waals surface area contributed by atoms with Gasteiger partial charge in [0, 0.05) is 16.6 Å². The minimum absolute atomic E-state index is 1.14. The van der Waals surface area contributed by atoms with Gasteiger partial charge >= 0.3 is 0 Å². The van der Waals surface area contributed by atoms with E-state index in [2.05, 4.69) is 35.3 Å². The van der Waals surface area contributed by atoms with Crippen molar-refractivity contribution < 1.29 is 0 Å². The second kappa shape index (κ2) is 4.37. The highest BCUT2D eigenvalue weighted by Crippen LogP contribution is 2.27. The highest BCUT2D eigenvalue weighted by atomic mass is 14.8. The monoisotopic (exact) mass is 250 g/mol. The van der Waals surface area contributed by atoms with Gasteiger partial charge in [0.2, 0.25) is 0 Å².